The van der Waals surface area contributed by atoms with Gasteiger partial charge in [0.1, 0.15) is 18.3 Å². The minimum absolute atomic E-state index is 0.0995. The molecule has 0 fully saturated rings. The molecule has 0 aromatic carbocycles. The molecule has 0 saturated carbocycles. The molecule has 3 atom stereocenters. The van der Waals surface area contributed by atoms with Crippen molar-refractivity contribution in [2.45, 2.75) is 18.3 Å². The molecule has 6 N–H and O–H groups in total. The number of nitrogens with zero attached hydrogens (tertiary/aromatic N) is 2. The van der Waals surface area contributed by atoms with E-state index >= 15 is 0 Å². The first kappa shape index (κ1) is 11.3. The van der Waals surface area contributed by atoms with Crippen LogP contribution >= 0.6 is 11.3 Å². The molecule has 0 aliphatic heterocycles. The molecule has 1 rings (SSSR count). The number of nitrogen functional groups attached to an aromatic ring is 1. The Balaban J connectivity index is 2.69. The Morgan fingerprint density at radius 1 is 1.29 bits per heavy atom. The minimum Gasteiger partial charge on any atom is -0.394 e. The predicted molar refractivity (Wildman–Crippen MR) is 48.4 cm³/mol. The summed E-state index contributed by atoms with van der Waals surface area (Å²) in [6.45, 7) is -0.646. The topological polar surface area (TPSA) is 133 Å². The highest BCUT2D eigenvalue weighted by Crippen LogP contribution is 2.23. The van der Waals surface area contributed by atoms with Crippen molar-refractivity contribution in [3.63, 3.8) is 0 Å². The molecule has 14 heavy (non-hydrogen) atoms. The molecule has 8 heteroatoms. The third-order valence-corrected chi connectivity index (χ3v) is 2.44. The van der Waals surface area contributed by atoms with Gasteiger partial charge in [-0.05, 0) is 0 Å². The first-order valence-electron chi connectivity index (χ1n) is 3.80. The van der Waals surface area contributed by atoms with Crippen molar-refractivity contribution in [2.75, 3.05) is 12.3 Å². The summed E-state index contributed by atoms with van der Waals surface area (Å²) in [5.41, 5.74) is 5.27. The average Bonchev–Trinajstić information content (AvgIpc) is 2.61. The zero-order valence-corrected chi connectivity index (χ0v) is 7.92. The molecule has 1 aromatic rings. The molecule has 1 heterocycles. The molecular weight excluding hydrogens is 210 g/mol. The molecule has 0 amide bonds. The molecule has 3 unspecified atom stereocenters. The number of aliphatic hydroxyl groups excluding tert-OH is 4. The fraction of sp³-hybridized carbons (Fsp3) is 0.667. The van der Waals surface area contributed by atoms with E-state index in [0.29, 0.717) is 0 Å². The van der Waals surface area contributed by atoms with Gasteiger partial charge in [-0.2, -0.15) is 0 Å². The Labute approximate surface area is 83.5 Å². The normalized spacial score (nSPS) is 17.7. The maximum atomic E-state index is 9.44. The summed E-state index contributed by atoms with van der Waals surface area (Å²) >= 11 is 0.905. The van der Waals surface area contributed by atoms with Gasteiger partial charge in [-0.1, -0.05) is 11.3 Å². The van der Waals surface area contributed by atoms with Gasteiger partial charge >= 0.3 is 0 Å². The van der Waals surface area contributed by atoms with E-state index in [1.165, 1.54) is 0 Å². The van der Waals surface area contributed by atoms with Gasteiger partial charge in [0, 0.05) is 0 Å². The Bertz CT molecular complexity index is 294. The molecule has 0 spiro atoms. The first-order chi connectivity index (χ1) is 6.56. The van der Waals surface area contributed by atoms with Gasteiger partial charge in [-0.15, -0.1) is 10.2 Å². The minimum atomic E-state index is -1.51. The number of anilines is 1. The van der Waals surface area contributed by atoms with Crippen LogP contribution in [0, 0.1) is 0 Å². The number of aromatic nitrogens is 2. The monoisotopic (exact) mass is 221 g/mol. The lowest BCUT2D eigenvalue weighted by molar-refractivity contribution is -0.0778. The van der Waals surface area contributed by atoms with E-state index in [0.717, 1.165) is 11.3 Å². The predicted octanol–water partition coefficient (Wildman–Crippen LogP) is -2.13. The van der Waals surface area contributed by atoms with Crippen LogP contribution in [0.4, 0.5) is 5.13 Å². The fourth-order valence-electron chi connectivity index (χ4n) is 0.831. The fourth-order valence-corrected chi connectivity index (χ4v) is 1.47. The van der Waals surface area contributed by atoms with Crippen LogP contribution in [0.2, 0.25) is 0 Å². The highest BCUT2D eigenvalue weighted by atomic mass is 32.1. The molecule has 0 radical (unpaired) electrons. The molecule has 0 saturated heterocycles. The number of hydrogen-bond donors (Lipinski definition) is 5. The van der Waals surface area contributed by atoms with E-state index in [2.05, 4.69) is 10.2 Å². The van der Waals surface area contributed by atoms with Crippen molar-refractivity contribution in [3.8, 4) is 0 Å². The zero-order chi connectivity index (χ0) is 10.7. The Kier molecular flexibility index (Phi) is 3.72. The zero-order valence-electron chi connectivity index (χ0n) is 7.11. The van der Waals surface area contributed by atoms with Crippen LogP contribution in [0.1, 0.15) is 11.1 Å². The smallest absolute Gasteiger partial charge is 0.203 e. The Morgan fingerprint density at radius 3 is 2.36 bits per heavy atom. The van der Waals surface area contributed by atoms with Crippen molar-refractivity contribution < 1.29 is 20.4 Å². The van der Waals surface area contributed by atoms with Crippen molar-refractivity contribution in [1.29, 1.82) is 0 Å². The maximum absolute atomic E-state index is 9.44. The largest absolute Gasteiger partial charge is 0.394 e. The Hall–Kier alpha value is -0.800. The summed E-state index contributed by atoms with van der Waals surface area (Å²) in [6, 6.07) is 0. The van der Waals surface area contributed by atoms with Crippen LogP contribution < -0.4 is 5.73 Å². The van der Waals surface area contributed by atoms with Gasteiger partial charge < -0.3 is 26.2 Å². The molecule has 1 aromatic heterocycles. The van der Waals surface area contributed by atoms with Crippen LogP contribution in [0.5, 0.6) is 0 Å². The van der Waals surface area contributed by atoms with Crippen molar-refractivity contribution >= 4 is 16.5 Å². The highest BCUT2D eigenvalue weighted by Gasteiger charge is 2.28. The summed E-state index contributed by atoms with van der Waals surface area (Å²) in [5, 5.41) is 43.5. The second-order valence-electron chi connectivity index (χ2n) is 2.66. The van der Waals surface area contributed by atoms with E-state index in [4.69, 9.17) is 15.9 Å². The number of nitrogens with two attached hydrogens (primary N) is 1. The molecular formula is C6H11N3O4S. The lowest BCUT2D eigenvalue weighted by Gasteiger charge is -2.18. The van der Waals surface area contributed by atoms with Crippen LogP contribution in [0.15, 0.2) is 0 Å². The van der Waals surface area contributed by atoms with Gasteiger partial charge in [0.05, 0.1) is 6.61 Å². The third kappa shape index (κ3) is 2.36. The van der Waals surface area contributed by atoms with Gasteiger partial charge in [0.15, 0.2) is 5.01 Å². The molecule has 0 aliphatic rings. The van der Waals surface area contributed by atoms with Crippen LogP contribution in [0.3, 0.4) is 0 Å². The third-order valence-electron chi connectivity index (χ3n) is 1.61. The van der Waals surface area contributed by atoms with Crippen LogP contribution in [-0.2, 0) is 0 Å². The lowest BCUT2D eigenvalue weighted by atomic mass is 10.1. The van der Waals surface area contributed by atoms with E-state index < -0.39 is 24.9 Å². The van der Waals surface area contributed by atoms with Gasteiger partial charge in [-0.25, -0.2) is 0 Å². The summed E-state index contributed by atoms with van der Waals surface area (Å²) in [7, 11) is 0. The Morgan fingerprint density at radius 2 is 1.93 bits per heavy atom. The van der Waals surface area contributed by atoms with Gasteiger partial charge in [0.2, 0.25) is 5.13 Å². The van der Waals surface area contributed by atoms with E-state index in [9.17, 15) is 10.2 Å². The maximum Gasteiger partial charge on any atom is 0.203 e. The summed E-state index contributed by atoms with van der Waals surface area (Å²) in [6.07, 6.45) is -4.32. The highest BCUT2D eigenvalue weighted by molar-refractivity contribution is 7.15. The van der Waals surface area contributed by atoms with Crippen LogP contribution in [-0.4, -0.2) is 49.4 Å². The quantitative estimate of drug-likeness (QED) is 0.392. The number of hydrogen-bond acceptors (Lipinski definition) is 8. The van der Waals surface area contributed by atoms with Gasteiger partial charge in [-0.3, -0.25) is 0 Å². The molecule has 7 nitrogen and oxygen atoms in total. The second kappa shape index (κ2) is 4.62. The second-order valence-corrected chi connectivity index (χ2v) is 3.70. The van der Waals surface area contributed by atoms with E-state index in [-0.39, 0.29) is 10.1 Å². The molecule has 0 bridgehead atoms. The van der Waals surface area contributed by atoms with E-state index in [1.807, 2.05) is 0 Å². The van der Waals surface area contributed by atoms with E-state index in [1.54, 1.807) is 0 Å². The lowest BCUT2D eigenvalue weighted by Crippen LogP contribution is -2.34. The molecule has 0 aliphatic carbocycles. The summed E-state index contributed by atoms with van der Waals surface area (Å²) in [4.78, 5) is 0. The number of rotatable bonds is 4. The summed E-state index contributed by atoms with van der Waals surface area (Å²) in [5.74, 6) is 0. The standard InChI is InChI=1S/C6H11N3O4S/c7-6-9-8-5(14-6)4(13)3(12)2(11)1-10/h2-4,10-13H,1H2,(H2,7,9). The molecule has 80 valence electrons. The van der Waals surface area contributed by atoms with Gasteiger partial charge in [0.25, 0.3) is 0 Å². The SMILES string of the molecule is Nc1nnc(C(O)C(O)C(O)CO)s1. The van der Waals surface area contributed by atoms with Crippen molar-refractivity contribution in [1.82, 2.24) is 10.2 Å². The van der Waals surface area contributed by atoms with Crippen molar-refractivity contribution in [3.05, 3.63) is 5.01 Å². The first-order valence-corrected chi connectivity index (χ1v) is 4.62. The van der Waals surface area contributed by atoms with Crippen LogP contribution in [0.25, 0.3) is 0 Å². The van der Waals surface area contributed by atoms with Crippen molar-refractivity contribution in [2.24, 2.45) is 0 Å². The number of aliphatic hydroxyl groups is 4. The average molecular weight is 221 g/mol. The summed E-state index contributed by atoms with van der Waals surface area (Å²) < 4.78 is 0.